The highest BCUT2D eigenvalue weighted by molar-refractivity contribution is 9.10. The lowest BCUT2D eigenvalue weighted by Crippen LogP contribution is -1.80. The summed E-state index contributed by atoms with van der Waals surface area (Å²) in [5.74, 6) is 0. The number of benzene rings is 2. The summed E-state index contributed by atoms with van der Waals surface area (Å²) in [5, 5.41) is 0. The predicted octanol–water partition coefficient (Wildman–Crippen LogP) is 4.51. The molecule has 1 nitrogen and oxygen atoms in total. The van der Waals surface area contributed by atoms with Crippen LogP contribution in [0.3, 0.4) is 0 Å². The Morgan fingerprint density at radius 3 is 2.38 bits per heavy atom. The van der Waals surface area contributed by atoms with Crippen LogP contribution in [-0.2, 0) is 0 Å². The lowest BCUT2D eigenvalue weighted by atomic mass is 10.2. The Kier molecular flexibility index (Phi) is 3.52. The molecule has 0 fully saturated rings. The molecule has 2 heteroatoms. The molecule has 0 bridgehead atoms. The molecule has 0 N–H and O–H groups in total. The van der Waals surface area contributed by atoms with E-state index in [4.69, 9.17) is 0 Å². The van der Waals surface area contributed by atoms with Gasteiger partial charge in [0.05, 0.1) is 5.69 Å². The first kappa shape index (κ1) is 11.1. The number of hydrogen-bond acceptors (Lipinski definition) is 1. The van der Waals surface area contributed by atoms with Crippen LogP contribution in [0.5, 0.6) is 0 Å². The molecule has 0 aliphatic heterocycles. The summed E-state index contributed by atoms with van der Waals surface area (Å²) in [4.78, 5) is 4.43. The van der Waals surface area contributed by atoms with E-state index in [2.05, 4.69) is 52.1 Å². The Morgan fingerprint density at radius 2 is 1.69 bits per heavy atom. The fraction of sp³-hybridized carbons (Fsp3) is 0.0714. The summed E-state index contributed by atoms with van der Waals surface area (Å²) < 4.78 is 1.01. The molecule has 2 aromatic carbocycles. The van der Waals surface area contributed by atoms with Gasteiger partial charge in [0, 0.05) is 10.7 Å². The molecule has 0 aliphatic carbocycles. The van der Waals surface area contributed by atoms with Gasteiger partial charge < -0.3 is 0 Å². The van der Waals surface area contributed by atoms with E-state index >= 15 is 0 Å². The molecule has 2 rings (SSSR count). The average molecular weight is 274 g/mol. The summed E-state index contributed by atoms with van der Waals surface area (Å²) in [5.41, 5.74) is 3.32. The van der Waals surface area contributed by atoms with Crippen molar-refractivity contribution in [3.8, 4) is 0 Å². The van der Waals surface area contributed by atoms with Gasteiger partial charge >= 0.3 is 0 Å². The Bertz CT molecular complexity index is 500. The minimum Gasteiger partial charge on any atom is -0.255 e. The Balaban J connectivity index is 2.21. The Hall–Kier alpha value is -1.41. The first-order valence-electron chi connectivity index (χ1n) is 5.11. The normalized spacial score (nSPS) is 10.9. The van der Waals surface area contributed by atoms with Gasteiger partial charge in [-0.1, -0.05) is 42.0 Å². The maximum atomic E-state index is 4.43. The number of nitrogens with zero attached hydrogens (tertiary/aromatic N) is 1. The van der Waals surface area contributed by atoms with Crippen molar-refractivity contribution < 1.29 is 0 Å². The lowest BCUT2D eigenvalue weighted by Gasteiger charge is -1.97. The minimum absolute atomic E-state index is 0.947. The molecule has 80 valence electrons. The Morgan fingerprint density at radius 1 is 1.00 bits per heavy atom. The van der Waals surface area contributed by atoms with Gasteiger partial charge in [-0.15, -0.1) is 0 Å². The smallest absolute Gasteiger partial charge is 0.0771 e. The van der Waals surface area contributed by atoms with Crippen molar-refractivity contribution in [1.29, 1.82) is 0 Å². The van der Waals surface area contributed by atoms with Crippen molar-refractivity contribution in [2.24, 2.45) is 4.99 Å². The van der Waals surface area contributed by atoms with Gasteiger partial charge in [0.15, 0.2) is 0 Å². The molecule has 2 aromatic rings. The minimum atomic E-state index is 0.947. The maximum Gasteiger partial charge on any atom is 0.0771 e. The highest BCUT2D eigenvalue weighted by Gasteiger charge is 1.94. The van der Waals surface area contributed by atoms with Gasteiger partial charge in [-0.3, -0.25) is 4.99 Å². The zero-order valence-corrected chi connectivity index (χ0v) is 10.6. The zero-order chi connectivity index (χ0) is 11.4. The third-order valence-electron chi connectivity index (χ3n) is 2.28. The summed E-state index contributed by atoms with van der Waals surface area (Å²) in [6, 6.07) is 16.2. The number of halogens is 1. The zero-order valence-electron chi connectivity index (χ0n) is 9.02. The van der Waals surface area contributed by atoms with Crippen molar-refractivity contribution in [3.63, 3.8) is 0 Å². The molecular formula is C14H12BrN. The van der Waals surface area contributed by atoms with Crippen LogP contribution in [0.15, 0.2) is 58.0 Å². The van der Waals surface area contributed by atoms with Gasteiger partial charge in [0.2, 0.25) is 0 Å². The molecule has 0 unspecified atom stereocenters. The van der Waals surface area contributed by atoms with E-state index in [9.17, 15) is 0 Å². The van der Waals surface area contributed by atoms with Crippen molar-refractivity contribution in [2.45, 2.75) is 6.92 Å². The van der Waals surface area contributed by atoms with Crippen LogP contribution in [0.1, 0.15) is 11.1 Å². The first-order valence-corrected chi connectivity index (χ1v) is 5.90. The van der Waals surface area contributed by atoms with Crippen LogP contribution >= 0.6 is 15.9 Å². The quantitative estimate of drug-likeness (QED) is 0.714. The van der Waals surface area contributed by atoms with E-state index in [1.807, 2.05) is 30.5 Å². The summed E-state index contributed by atoms with van der Waals surface area (Å²) in [7, 11) is 0. The fourth-order valence-electron chi connectivity index (χ4n) is 1.35. The monoisotopic (exact) mass is 273 g/mol. The van der Waals surface area contributed by atoms with Crippen molar-refractivity contribution in [1.82, 2.24) is 0 Å². The molecule has 0 saturated carbocycles. The van der Waals surface area contributed by atoms with E-state index in [1.165, 1.54) is 5.56 Å². The first-order chi connectivity index (χ1) is 7.75. The Labute approximate surface area is 104 Å². The van der Waals surface area contributed by atoms with Gasteiger partial charge in [-0.05, 0) is 40.5 Å². The predicted molar refractivity (Wildman–Crippen MR) is 72.6 cm³/mol. The van der Waals surface area contributed by atoms with E-state index < -0.39 is 0 Å². The summed E-state index contributed by atoms with van der Waals surface area (Å²) >= 11 is 3.47. The number of hydrogen-bond donors (Lipinski definition) is 0. The second kappa shape index (κ2) is 5.08. The van der Waals surface area contributed by atoms with E-state index in [-0.39, 0.29) is 0 Å². The molecule has 0 heterocycles. The summed E-state index contributed by atoms with van der Waals surface area (Å²) in [6.07, 6.45) is 1.87. The van der Waals surface area contributed by atoms with Crippen LogP contribution in [0, 0.1) is 6.92 Å². The second-order valence-electron chi connectivity index (χ2n) is 3.62. The third-order valence-corrected chi connectivity index (χ3v) is 2.95. The average Bonchev–Trinajstić information content (AvgIpc) is 2.30. The number of para-hydroxylation sites is 1. The molecule has 0 radical (unpaired) electrons. The van der Waals surface area contributed by atoms with Crippen LogP contribution in [-0.4, -0.2) is 6.21 Å². The molecule has 16 heavy (non-hydrogen) atoms. The van der Waals surface area contributed by atoms with Crippen LogP contribution in [0.2, 0.25) is 0 Å². The standard InChI is InChI=1S/C14H12BrN/c1-11-6-8-12(9-7-11)10-16-14-5-3-2-4-13(14)15/h2-10H,1H3. The maximum absolute atomic E-state index is 4.43. The van der Waals surface area contributed by atoms with Crippen LogP contribution in [0.25, 0.3) is 0 Å². The molecule has 0 amide bonds. The van der Waals surface area contributed by atoms with E-state index in [0.717, 1.165) is 15.7 Å². The SMILES string of the molecule is Cc1ccc(C=Nc2ccccc2Br)cc1. The van der Waals surface area contributed by atoms with Crippen LogP contribution in [0.4, 0.5) is 5.69 Å². The van der Waals surface area contributed by atoms with Crippen molar-refractivity contribution >= 4 is 27.8 Å². The largest absolute Gasteiger partial charge is 0.255 e. The highest BCUT2D eigenvalue weighted by Crippen LogP contribution is 2.24. The fourth-order valence-corrected chi connectivity index (χ4v) is 1.74. The van der Waals surface area contributed by atoms with E-state index in [1.54, 1.807) is 0 Å². The molecule has 0 aliphatic rings. The molecular weight excluding hydrogens is 262 g/mol. The van der Waals surface area contributed by atoms with Gasteiger partial charge in [0.25, 0.3) is 0 Å². The number of aryl methyl sites for hydroxylation is 1. The topological polar surface area (TPSA) is 12.4 Å². The number of aliphatic imine (C=N–C) groups is 1. The molecule has 0 atom stereocenters. The molecule has 0 aromatic heterocycles. The second-order valence-corrected chi connectivity index (χ2v) is 4.47. The molecule has 0 saturated heterocycles. The van der Waals surface area contributed by atoms with Crippen LogP contribution < -0.4 is 0 Å². The summed E-state index contributed by atoms with van der Waals surface area (Å²) in [6.45, 7) is 2.08. The molecule has 0 spiro atoms. The van der Waals surface area contributed by atoms with Gasteiger partial charge in [0.1, 0.15) is 0 Å². The highest BCUT2D eigenvalue weighted by atomic mass is 79.9. The van der Waals surface area contributed by atoms with E-state index in [0.29, 0.717) is 0 Å². The van der Waals surface area contributed by atoms with Gasteiger partial charge in [-0.25, -0.2) is 0 Å². The lowest BCUT2D eigenvalue weighted by molar-refractivity contribution is 1.45. The van der Waals surface area contributed by atoms with Crippen molar-refractivity contribution in [2.75, 3.05) is 0 Å². The van der Waals surface area contributed by atoms with Crippen molar-refractivity contribution in [3.05, 3.63) is 64.1 Å². The number of rotatable bonds is 2. The van der Waals surface area contributed by atoms with Gasteiger partial charge in [-0.2, -0.15) is 0 Å². The third kappa shape index (κ3) is 2.80.